The number of likely N-dealkylation sites (N-methyl/N-ethyl adjacent to an activating group) is 1. The van der Waals surface area contributed by atoms with Gasteiger partial charge in [-0.2, -0.15) is 0 Å². The van der Waals surface area contributed by atoms with Crippen LogP contribution < -0.4 is 5.32 Å². The summed E-state index contributed by atoms with van der Waals surface area (Å²) in [6.45, 7) is 2.21. The molecule has 2 rings (SSSR count). The minimum absolute atomic E-state index is 0.347. The summed E-state index contributed by atoms with van der Waals surface area (Å²) in [4.78, 5) is 35.8. The van der Waals surface area contributed by atoms with Crippen molar-refractivity contribution in [3.8, 4) is 0 Å². The Morgan fingerprint density at radius 3 is 2.33 bits per heavy atom. The van der Waals surface area contributed by atoms with Gasteiger partial charge in [0, 0.05) is 13.6 Å². The van der Waals surface area contributed by atoms with Crippen molar-refractivity contribution in [2.24, 2.45) is 5.92 Å². The van der Waals surface area contributed by atoms with Crippen molar-refractivity contribution >= 4 is 17.8 Å². The number of nitrogens with one attached hydrogen (secondary N) is 1. The molecule has 2 aliphatic heterocycles. The van der Waals surface area contributed by atoms with Gasteiger partial charge in [-0.05, 0) is 25.4 Å². The van der Waals surface area contributed by atoms with Gasteiger partial charge in [0.25, 0.3) is 0 Å². The summed E-state index contributed by atoms with van der Waals surface area (Å²) in [7, 11) is 1.33. The highest BCUT2D eigenvalue weighted by atomic mass is 16.2. The summed E-state index contributed by atoms with van der Waals surface area (Å²) in [6, 6.07) is -0.503. The predicted octanol–water partition coefficient (Wildman–Crippen LogP) is -0.983. The largest absolute Gasteiger partial charge is 0.333 e. The van der Waals surface area contributed by atoms with Crippen LogP contribution >= 0.6 is 0 Å². The highest BCUT2D eigenvalue weighted by molar-refractivity contribution is 6.44. The fraction of sp³-hybridized carbons (Fsp3) is 0.667. The fourth-order valence-corrected chi connectivity index (χ4v) is 1.68. The van der Waals surface area contributed by atoms with Crippen LogP contribution in [-0.2, 0) is 9.59 Å². The predicted molar refractivity (Wildman–Crippen MR) is 50.9 cm³/mol. The SMILES string of the molecule is CN1C(=O)C(=O)N(CCC2CNC2)C1=O. The first-order valence-corrected chi connectivity index (χ1v) is 4.95. The van der Waals surface area contributed by atoms with Gasteiger partial charge in [0.1, 0.15) is 0 Å². The molecule has 0 aliphatic carbocycles. The molecule has 0 unspecified atom stereocenters. The number of imide groups is 2. The highest BCUT2D eigenvalue weighted by Gasteiger charge is 2.42. The molecule has 0 radical (unpaired) electrons. The van der Waals surface area contributed by atoms with Gasteiger partial charge in [0.05, 0.1) is 0 Å². The molecule has 4 amide bonds. The van der Waals surface area contributed by atoms with Gasteiger partial charge in [-0.25, -0.2) is 4.79 Å². The van der Waals surface area contributed by atoms with E-state index in [0.717, 1.165) is 29.3 Å². The third-order valence-electron chi connectivity index (χ3n) is 2.88. The highest BCUT2D eigenvalue weighted by Crippen LogP contribution is 2.14. The van der Waals surface area contributed by atoms with Crippen LogP contribution in [0, 0.1) is 5.92 Å². The molecule has 0 saturated carbocycles. The lowest BCUT2D eigenvalue weighted by atomic mass is 9.99. The van der Waals surface area contributed by atoms with Crippen molar-refractivity contribution in [3.63, 3.8) is 0 Å². The van der Waals surface area contributed by atoms with Crippen LogP contribution in [0.25, 0.3) is 0 Å². The van der Waals surface area contributed by atoms with Crippen LogP contribution in [0.4, 0.5) is 4.79 Å². The molecular weight excluding hydrogens is 198 g/mol. The Morgan fingerprint density at radius 1 is 1.27 bits per heavy atom. The Morgan fingerprint density at radius 2 is 1.93 bits per heavy atom. The summed E-state index contributed by atoms with van der Waals surface area (Å²) in [5.41, 5.74) is 0. The van der Waals surface area contributed by atoms with Crippen LogP contribution in [0.1, 0.15) is 6.42 Å². The lowest BCUT2D eigenvalue weighted by molar-refractivity contribution is -0.142. The van der Waals surface area contributed by atoms with E-state index in [-0.39, 0.29) is 0 Å². The average molecular weight is 211 g/mol. The number of carbonyl (C=O) groups excluding carboxylic acids is 3. The topological polar surface area (TPSA) is 69.7 Å². The minimum atomic E-state index is -0.730. The van der Waals surface area contributed by atoms with Crippen LogP contribution in [0.5, 0.6) is 0 Å². The Labute approximate surface area is 87.2 Å². The number of carbonyl (C=O) groups is 3. The second-order valence-electron chi connectivity index (χ2n) is 3.92. The number of hydrogen-bond acceptors (Lipinski definition) is 4. The van der Waals surface area contributed by atoms with Gasteiger partial charge in [-0.1, -0.05) is 0 Å². The normalized spacial score (nSPS) is 22.6. The van der Waals surface area contributed by atoms with E-state index in [1.165, 1.54) is 7.05 Å². The second kappa shape index (κ2) is 3.62. The molecule has 0 aromatic heterocycles. The molecule has 0 bridgehead atoms. The van der Waals surface area contributed by atoms with Crippen LogP contribution in [-0.4, -0.2) is 54.3 Å². The molecule has 6 heteroatoms. The summed E-state index contributed by atoms with van der Waals surface area (Å²) >= 11 is 0. The monoisotopic (exact) mass is 211 g/mol. The lowest BCUT2D eigenvalue weighted by Gasteiger charge is -2.28. The summed E-state index contributed by atoms with van der Waals surface area (Å²) in [5, 5.41) is 3.11. The van der Waals surface area contributed by atoms with Gasteiger partial charge < -0.3 is 5.32 Å². The van der Waals surface area contributed by atoms with Gasteiger partial charge in [-0.3, -0.25) is 19.4 Å². The van der Waals surface area contributed by atoms with Crippen molar-refractivity contribution in [2.75, 3.05) is 26.7 Å². The first-order valence-electron chi connectivity index (χ1n) is 4.95. The van der Waals surface area contributed by atoms with Crippen LogP contribution in [0.15, 0.2) is 0 Å². The second-order valence-corrected chi connectivity index (χ2v) is 3.92. The maximum atomic E-state index is 11.4. The molecule has 15 heavy (non-hydrogen) atoms. The third-order valence-corrected chi connectivity index (χ3v) is 2.88. The zero-order valence-electron chi connectivity index (χ0n) is 8.52. The molecule has 0 spiro atoms. The van der Waals surface area contributed by atoms with Gasteiger partial charge >= 0.3 is 17.8 Å². The zero-order valence-corrected chi connectivity index (χ0v) is 8.52. The van der Waals surface area contributed by atoms with E-state index >= 15 is 0 Å². The van der Waals surface area contributed by atoms with E-state index in [0.29, 0.717) is 12.5 Å². The first kappa shape index (κ1) is 10.1. The fourth-order valence-electron chi connectivity index (χ4n) is 1.68. The van der Waals surface area contributed by atoms with E-state index in [1.807, 2.05) is 0 Å². The van der Waals surface area contributed by atoms with E-state index in [1.54, 1.807) is 0 Å². The molecule has 1 N–H and O–H groups in total. The van der Waals surface area contributed by atoms with Crippen molar-refractivity contribution < 1.29 is 14.4 Å². The molecule has 0 aromatic rings. The molecule has 0 aromatic carbocycles. The van der Waals surface area contributed by atoms with E-state index in [9.17, 15) is 14.4 Å². The summed E-state index contributed by atoms with van der Waals surface area (Å²) < 4.78 is 0. The molecule has 2 fully saturated rings. The quantitative estimate of drug-likeness (QED) is 0.481. The Bertz CT molecular complexity index is 325. The summed E-state index contributed by atoms with van der Waals surface area (Å²) in [6.07, 6.45) is 0.769. The molecule has 2 heterocycles. The smallest absolute Gasteiger partial charge is 0.316 e. The number of urea groups is 1. The molecule has 82 valence electrons. The maximum Gasteiger partial charge on any atom is 0.333 e. The van der Waals surface area contributed by atoms with E-state index < -0.39 is 17.8 Å². The van der Waals surface area contributed by atoms with Crippen molar-refractivity contribution in [1.29, 1.82) is 0 Å². The van der Waals surface area contributed by atoms with Gasteiger partial charge in [-0.15, -0.1) is 0 Å². The third kappa shape index (κ3) is 1.61. The molecule has 0 atom stereocenters. The Kier molecular flexibility index (Phi) is 2.44. The standard InChI is InChI=1S/C9H13N3O3/c1-11-7(13)8(14)12(9(11)15)3-2-6-4-10-5-6/h6,10H,2-5H2,1H3. The number of hydrogen-bond donors (Lipinski definition) is 1. The van der Waals surface area contributed by atoms with Crippen molar-refractivity contribution in [2.45, 2.75) is 6.42 Å². The maximum absolute atomic E-state index is 11.4. The van der Waals surface area contributed by atoms with E-state index in [4.69, 9.17) is 0 Å². The van der Waals surface area contributed by atoms with Crippen LogP contribution in [0.3, 0.4) is 0 Å². The lowest BCUT2D eigenvalue weighted by Crippen LogP contribution is -2.44. The molecular formula is C9H13N3O3. The van der Waals surface area contributed by atoms with Crippen molar-refractivity contribution in [1.82, 2.24) is 15.1 Å². The number of nitrogens with zero attached hydrogens (tertiary/aromatic N) is 2. The van der Waals surface area contributed by atoms with Crippen LogP contribution in [0.2, 0.25) is 0 Å². The molecule has 6 nitrogen and oxygen atoms in total. The first-order chi connectivity index (χ1) is 7.11. The number of amides is 4. The summed E-state index contributed by atoms with van der Waals surface area (Å²) in [5.74, 6) is -0.909. The minimum Gasteiger partial charge on any atom is -0.316 e. The molecule has 2 saturated heterocycles. The Balaban J connectivity index is 1.93. The Hall–Kier alpha value is -1.43. The average Bonchev–Trinajstić information content (AvgIpc) is 2.32. The number of rotatable bonds is 3. The van der Waals surface area contributed by atoms with Gasteiger partial charge in [0.2, 0.25) is 0 Å². The molecule has 2 aliphatic rings. The van der Waals surface area contributed by atoms with Gasteiger partial charge in [0.15, 0.2) is 0 Å². The zero-order chi connectivity index (χ0) is 11.0. The van der Waals surface area contributed by atoms with E-state index in [2.05, 4.69) is 5.32 Å². The van der Waals surface area contributed by atoms with Crippen molar-refractivity contribution in [3.05, 3.63) is 0 Å².